The number of unbranched alkanes of at least 4 members (excludes halogenated alkanes) is 36. The van der Waals surface area contributed by atoms with E-state index in [0.717, 1.165) is 73.6 Å². The first-order chi connectivity index (χ1) is 52.5. The average molecular weight is 1460 g/mol. The van der Waals surface area contributed by atoms with Crippen LogP contribution in [0.4, 0.5) is 0 Å². The maximum atomic E-state index is 13.6. The standard InChI is InChI=1S/C94H126O13/c1-5-9-13-17-21-25-29-33-37-41-67-100-87-65-54-79(72-89(87)102-69-43-39-35-31-27-23-19-15-11-7-3)92(97)105-82-58-47-75(48-59-82)74-45-56-81(57-46-74)104-91(96)78-53-64-86(95)85(71-78)94(99)107-84-62-51-77(52-63-84)76-49-60-83(61-50-76)106-93(98)80-55-66-88(101-68-42-38-34-30-26-22-18-14-10-6-2)90(73-80)103-70-44-40-36-32-28-24-20-16-12-8-4/h45-66,71-73,95H,5-44,67-70H2,1-4H3. The Labute approximate surface area is 641 Å². The van der Waals surface area contributed by atoms with Gasteiger partial charge in [-0.2, -0.15) is 0 Å². The fraction of sp³-hybridized carbons (Fsp3) is 0.511. The second kappa shape index (κ2) is 52.4. The lowest BCUT2D eigenvalue weighted by Crippen LogP contribution is -2.13. The molecule has 0 unspecified atom stereocenters. The van der Waals surface area contributed by atoms with Gasteiger partial charge in [-0.3, -0.25) is 0 Å². The predicted molar refractivity (Wildman–Crippen MR) is 434 cm³/mol. The molecule has 0 atom stereocenters. The molecule has 0 saturated carbocycles. The molecule has 0 aliphatic carbocycles. The third kappa shape index (κ3) is 33.6. The van der Waals surface area contributed by atoms with Gasteiger partial charge in [0.2, 0.25) is 0 Å². The Balaban J connectivity index is 0.863. The van der Waals surface area contributed by atoms with Gasteiger partial charge in [-0.15, -0.1) is 0 Å². The van der Waals surface area contributed by atoms with Crippen LogP contribution < -0.4 is 37.9 Å². The second-order valence-electron chi connectivity index (χ2n) is 28.8. The van der Waals surface area contributed by atoms with E-state index < -0.39 is 23.9 Å². The summed E-state index contributed by atoms with van der Waals surface area (Å²) in [6.45, 7) is 11.3. The monoisotopic (exact) mass is 1460 g/mol. The highest BCUT2D eigenvalue weighted by Gasteiger charge is 2.21. The van der Waals surface area contributed by atoms with Crippen molar-refractivity contribution in [2.24, 2.45) is 0 Å². The maximum Gasteiger partial charge on any atom is 0.347 e. The number of carbonyl (C=O) groups is 4. The molecule has 0 fully saturated rings. The molecule has 580 valence electrons. The van der Waals surface area contributed by atoms with Crippen molar-refractivity contribution in [1.82, 2.24) is 0 Å². The Bertz CT molecular complexity index is 3600. The summed E-state index contributed by atoms with van der Waals surface area (Å²) in [6.07, 6.45) is 49.6. The Morgan fingerprint density at radius 3 is 0.710 bits per heavy atom. The zero-order chi connectivity index (χ0) is 75.6. The van der Waals surface area contributed by atoms with Crippen LogP contribution >= 0.6 is 0 Å². The third-order valence-corrected chi connectivity index (χ3v) is 19.8. The SMILES string of the molecule is CCCCCCCCCCCCOc1ccc(C(=O)Oc2ccc(-c3ccc(OC(=O)c4ccc(O)c(C(=O)Oc5ccc(-c6ccc(OC(=O)c7ccc(OCCCCCCCCCCCC)c(OCCCCCCCCCCCC)c7)cc6)cc5)c4)cc3)cc2)cc1OCCCCCCCCCCCC. The summed E-state index contributed by atoms with van der Waals surface area (Å²) >= 11 is 0. The summed E-state index contributed by atoms with van der Waals surface area (Å²) in [5, 5.41) is 10.8. The maximum absolute atomic E-state index is 13.6. The number of rotatable bonds is 58. The molecule has 7 rings (SSSR count). The minimum Gasteiger partial charge on any atom is -0.507 e. The van der Waals surface area contributed by atoms with Gasteiger partial charge < -0.3 is 43.0 Å². The molecule has 0 heterocycles. The van der Waals surface area contributed by atoms with E-state index >= 15 is 0 Å². The number of hydrogen-bond acceptors (Lipinski definition) is 13. The van der Waals surface area contributed by atoms with Gasteiger partial charge in [-0.25, -0.2) is 19.2 Å². The molecule has 0 bridgehead atoms. The summed E-state index contributed by atoms with van der Waals surface area (Å²) in [5.41, 5.74) is 3.84. The summed E-state index contributed by atoms with van der Waals surface area (Å²) in [7, 11) is 0. The van der Waals surface area contributed by atoms with Gasteiger partial charge in [-0.1, -0.05) is 307 Å². The van der Waals surface area contributed by atoms with Crippen molar-refractivity contribution in [3.63, 3.8) is 0 Å². The quantitative estimate of drug-likeness (QED) is 0.0218. The van der Waals surface area contributed by atoms with Gasteiger partial charge in [0, 0.05) is 0 Å². The number of phenolic OH excluding ortho intramolecular Hbond substituents is 1. The van der Waals surface area contributed by atoms with Crippen molar-refractivity contribution in [2.75, 3.05) is 26.4 Å². The molecule has 0 saturated heterocycles. The first-order valence-electron chi connectivity index (χ1n) is 41.5. The molecule has 1 N–H and O–H groups in total. The van der Waals surface area contributed by atoms with Crippen LogP contribution in [-0.2, 0) is 0 Å². The number of benzene rings is 7. The van der Waals surface area contributed by atoms with E-state index in [1.165, 1.54) is 224 Å². The Hall–Kier alpha value is -8.58. The molecular weight excluding hydrogens is 1340 g/mol. The van der Waals surface area contributed by atoms with Crippen molar-refractivity contribution in [3.8, 4) is 74.0 Å². The summed E-state index contributed by atoms with van der Waals surface area (Å²) in [5.74, 6) is 0.592. The molecule has 0 amide bonds. The highest BCUT2D eigenvalue weighted by molar-refractivity contribution is 5.99. The number of carbonyl (C=O) groups excluding carboxylic acids is 4. The van der Waals surface area contributed by atoms with Crippen LogP contribution in [0.15, 0.2) is 152 Å². The Morgan fingerprint density at radius 1 is 0.234 bits per heavy atom. The highest BCUT2D eigenvalue weighted by Crippen LogP contribution is 2.34. The van der Waals surface area contributed by atoms with Gasteiger partial charge in [-0.05, 0) is 151 Å². The molecule has 0 aliphatic heterocycles. The third-order valence-electron chi connectivity index (χ3n) is 19.8. The molecule has 7 aromatic rings. The van der Waals surface area contributed by atoms with E-state index in [9.17, 15) is 24.3 Å². The molecule has 0 aliphatic rings. The molecule has 0 aromatic heterocycles. The van der Waals surface area contributed by atoms with Crippen LogP contribution in [0.5, 0.6) is 51.7 Å². The van der Waals surface area contributed by atoms with Crippen molar-refractivity contribution >= 4 is 23.9 Å². The van der Waals surface area contributed by atoms with Gasteiger partial charge >= 0.3 is 23.9 Å². The lowest BCUT2D eigenvalue weighted by atomic mass is 10.1. The van der Waals surface area contributed by atoms with E-state index in [0.29, 0.717) is 72.1 Å². The smallest absolute Gasteiger partial charge is 0.347 e. The van der Waals surface area contributed by atoms with Gasteiger partial charge in [0.15, 0.2) is 23.0 Å². The van der Waals surface area contributed by atoms with Crippen molar-refractivity contribution in [1.29, 1.82) is 0 Å². The Kier molecular flexibility index (Phi) is 42.0. The van der Waals surface area contributed by atoms with E-state index in [4.69, 9.17) is 37.9 Å². The second-order valence-corrected chi connectivity index (χ2v) is 28.8. The number of hydrogen-bond donors (Lipinski definition) is 1. The van der Waals surface area contributed by atoms with Gasteiger partial charge in [0.25, 0.3) is 0 Å². The van der Waals surface area contributed by atoms with Crippen LogP contribution in [-0.4, -0.2) is 55.4 Å². The molecule has 0 radical (unpaired) electrons. The summed E-state index contributed by atoms with van der Waals surface area (Å²) in [6, 6.07) is 42.5. The minimum atomic E-state index is -0.872. The van der Waals surface area contributed by atoms with Gasteiger partial charge in [0.05, 0.1) is 43.1 Å². The van der Waals surface area contributed by atoms with E-state index in [-0.39, 0.29) is 28.4 Å². The van der Waals surface area contributed by atoms with E-state index in [1.807, 2.05) is 36.4 Å². The Morgan fingerprint density at radius 2 is 0.449 bits per heavy atom. The van der Waals surface area contributed by atoms with Crippen LogP contribution in [0.2, 0.25) is 0 Å². The first-order valence-corrected chi connectivity index (χ1v) is 41.5. The molecule has 0 spiro atoms. The van der Waals surface area contributed by atoms with Gasteiger partial charge in [0.1, 0.15) is 34.3 Å². The minimum absolute atomic E-state index is 0.0245. The van der Waals surface area contributed by atoms with Crippen LogP contribution in [0, 0.1) is 0 Å². The number of phenols is 1. The summed E-state index contributed by atoms with van der Waals surface area (Å²) in [4.78, 5) is 54.3. The average Bonchev–Trinajstić information content (AvgIpc) is 0.833. The molecule has 13 heteroatoms. The number of esters is 4. The molecule has 13 nitrogen and oxygen atoms in total. The van der Waals surface area contributed by atoms with E-state index in [1.54, 1.807) is 97.1 Å². The lowest BCUT2D eigenvalue weighted by Gasteiger charge is -2.14. The van der Waals surface area contributed by atoms with E-state index in [2.05, 4.69) is 27.7 Å². The number of aromatic hydroxyl groups is 1. The first kappa shape index (κ1) is 85.7. The predicted octanol–water partition coefficient (Wildman–Crippen LogP) is 26.8. The van der Waals surface area contributed by atoms with Crippen molar-refractivity contribution in [2.45, 2.75) is 285 Å². The van der Waals surface area contributed by atoms with Crippen molar-refractivity contribution < 1.29 is 62.2 Å². The largest absolute Gasteiger partial charge is 0.507 e. The van der Waals surface area contributed by atoms with Crippen molar-refractivity contribution in [3.05, 3.63) is 174 Å². The number of ether oxygens (including phenoxy) is 8. The fourth-order valence-electron chi connectivity index (χ4n) is 13.2. The topological polar surface area (TPSA) is 162 Å². The molecular formula is C94H126O13. The molecule has 7 aromatic carbocycles. The highest BCUT2D eigenvalue weighted by atomic mass is 16.6. The zero-order valence-electron chi connectivity index (χ0n) is 65.4. The normalized spacial score (nSPS) is 11.1. The summed E-state index contributed by atoms with van der Waals surface area (Å²) < 4.78 is 48.3. The van der Waals surface area contributed by atoms with Crippen LogP contribution in [0.3, 0.4) is 0 Å². The zero-order valence-corrected chi connectivity index (χ0v) is 65.4. The van der Waals surface area contributed by atoms with Crippen LogP contribution in [0.25, 0.3) is 22.3 Å². The molecule has 107 heavy (non-hydrogen) atoms. The lowest BCUT2D eigenvalue weighted by molar-refractivity contribution is 0.0718. The fourth-order valence-corrected chi connectivity index (χ4v) is 13.2. The van der Waals surface area contributed by atoms with Crippen LogP contribution in [0.1, 0.15) is 326 Å².